The van der Waals surface area contributed by atoms with Gasteiger partial charge in [-0.1, -0.05) is 13.8 Å². The predicted octanol–water partition coefficient (Wildman–Crippen LogP) is 3.24. The molecule has 3 nitrogen and oxygen atoms in total. The molecule has 2 rings (SSSR count). The van der Waals surface area contributed by atoms with E-state index in [0.717, 1.165) is 0 Å². The van der Waals surface area contributed by atoms with Crippen molar-refractivity contribution < 1.29 is 23.0 Å². The Labute approximate surface area is 104 Å². The Hall–Kier alpha value is -1.30. The second-order valence-corrected chi connectivity index (χ2v) is 3.76. The Balaban J connectivity index is 0.000000771. The van der Waals surface area contributed by atoms with Gasteiger partial charge >= 0.3 is 6.36 Å². The second-order valence-electron chi connectivity index (χ2n) is 3.76. The van der Waals surface area contributed by atoms with Crippen LogP contribution in [0.5, 0.6) is 5.75 Å². The van der Waals surface area contributed by atoms with E-state index in [-0.39, 0.29) is 17.4 Å². The predicted molar refractivity (Wildman–Crippen MR) is 60.2 cm³/mol. The van der Waals surface area contributed by atoms with Crippen molar-refractivity contribution in [3.05, 3.63) is 24.0 Å². The van der Waals surface area contributed by atoms with Gasteiger partial charge in [-0.2, -0.15) is 0 Å². The van der Waals surface area contributed by atoms with E-state index < -0.39 is 12.5 Å². The lowest BCUT2D eigenvalue weighted by atomic mass is 9.79. The van der Waals surface area contributed by atoms with E-state index in [0.29, 0.717) is 12.8 Å². The topological polar surface area (TPSA) is 42.4 Å². The molecule has 1 aromatic rings. The van der Waals surface area contributed by atoms with Crippen LogP contribution in [0.4, 0.5) is 13.2 Å². The molecule has 0 amide bonds. The third-order valence-electron chi connectivity index (χ3n) is 2.53. The number of hydrogen-bond donors (Lipinski definition) is 1. The van der Waals surface area contributed by atoms with Gasteiger partial charge in [0.1, 0.15) is 0 Å². The number of rotatable bonds is 2. The largest absolute Gasteiger partial charge is 0.573 e. The molecule has 18 heavy (non-hydrogen) atoms. The molecular formula is C12H16F3NO2. The summed E-state index contributed by atoms with van der Waals surface area (Å²) in [6, 6.07) is 2.63. The number of aliphatic hydroxyl groups excluding tert-OH is 1. The van der Waals surface area contributed by atoms with Crippen LogP contribution in [-0.2, 0) is 0 Å². The molecule has 0 unspecified atom stereocenters. The van der Waals surface area contributed by atoms with Gasteiger partial charge in [0.05, 0.1) is 11.8 Å². The normalized spacial score (nSPS) is 22.6. The molecule has 1 fully saturated rings. The number of alkyl halides is 3. The van der Waals surface area contributed by atoms with Crippen LogP contribution in [0.3, 0.4) is 0 Å². The Bertz CT molecular complexity index is 376. The third-order valence-corrected chi connectivity index (χ3v) is 2.53. The van der Waals surface area contributed by atoms with Crippen LogP contribution in [0, 0.1) is 0 Å². The van der Waals surface area contributed by atoms with E-state index in [9.17, 15) is 13.2 Å². The lowest BCUT2D eigenvalue weighted by molar-refractivity contribution is -0.275. The van der Waals surface area contributed by atoms with Crippen LogP contribution in [0.2, 0.25) is 0 Å². The molecule has 1 heterocycles. The minimum Gasteiger partial charge on any atom is -0.404 e. The minimum absolute atomic E-state index is 0.145. The van der Waals surface area contributed by atoms with E-state index in [2.05, 4.69) is 9.72 Å². The number of halogens is 3. The molecule has 1 aliphatic carbocycles. The quantitative estimate of drug-likeness (QED) is 0.890. The summed E-state index contributed by atoms with van der Waals surface area (Å²) >= 11 is 0. The lowest BCUT2D eigenvalue weighted by Crippen LogP contribution is -2.28. The highest BCUT2D eigenvalue weighted by molar-refractivity contribution is 5.31. The standard InChI is InChI=1S/C10H10F3NO2.C2H6/c11-10(12,13)16-8-2-1-3-14-9(8)6-4-7(15)5-6;1-2/h1-3,6-7,15H,4-5H2;1-2H3. The molecule has 102 valence electrons. The number of nitrogens with zero attached hydrogens (tertiary/aromatic N) is 1. The Morgan fingerprint density at radius 2 is 1.94 bits per heavy atom. The number of ether oxygens (including phenoxy) is 1. The van der Waals surface area contributed by atoms with Crippen LogP contribution in [0.1, 0.15) is 38.3 Å². The molecule has 1 aromatic heterocycles. The smallest absolute Gasteiger partial charge is 0.404 e. The number of aromatic nitrogens is 1. The van der Waals surface area contributed by atoms with Gasteiger partial charge in [0.2, 0.25) is 0 Å². The first-order valence-electron chi connectivity index (χ1n) is 5.84. The van der Waals surface area contributed by atoms with Crippen molar-refractivity contribution in [3.63, 3.8) is 0 Å². The summed E-state index contributed by atoms with van der Waals surface area (Å²) < 4.78 is 40.1. The molecule has 0 bridgehead atoms. The van der Waals surface area contributed by atoms with Crippen LogP contribution in [0.15, 0.2) is 18.3 Å². The molecular weight excluding hydrogens is 247 g/mol. The van der Waals surface area contributed by atoms with Gasteiger partial charge in [-0.05, 0) is 25.0 Å². The van der Waals surface area contributed by atoms with Gasteiger partial charge in [-0.25, -0.2) is 0 Å². The molecule has 1 saturated carbocycles. The highest BCUT2D eigenvalue weighted by atomic mass is 19.4. The fourth-order valence-electron chi connectivity index (χ4n) is 1.73. The van der Waals surface area contributed by atoms with Crippen LogP contribution in [0.25, 0.3) is 0 Å². The first-order valence-corrected chi connectivity index (χ1v) is 5.84. The summed E-state index contributed by atoms with van der Waals surface area (Å²) in [5.41, 5.74) is 0.269. The Morgan fingerprint density at radius 3 is 2.44 bits per heavy atom. The summed E-state index contributed by atoms with van der Waals surface area (Å²) in [6.45, 7) is 4.00. The maximum atomic E-state index is 12.1. The van der Waals surface area contributed by atoms with E-state index >= 15 is 0 Å². The van der Waals surface area contributed by atoms with E-state index in [1.165, 1.54) is 18.3 Å². The summed E-state index contributed by atoms with van der Waals surface area (Å²) in [5, 5.41) is 9.11. The van der Waals surface area contributed by atoms with Gasteiger partial charge in [0.25, 0.3) is 0 Å². The Kier molecular flexibility index (Phi) is 4.95. The number of pyridine rings is 1. The van der Waals surface area contributed by atoms with Crippen LogP contribution in [-0.4, -0.2) is 22.6 Å². The number of aliphatic hydroxyl groups is 1. The average molecular weight is 263 g/mol. The molecule has 0 saturated heterocycles. The van der Waals surface area contributed by atoms with Gasteiger partial charge in [-0.3, -0.25) is 4.98 Å². The lowest BCUT2D eigenvalue weighted by Gasteiger charge is -2.31. The summed E-state index contributed by atoms with van der Waals surface area (Å²) in [5.74, 6) is -0.416. The van der Waals surface area contributed by atoms with Gasteiger partial charge in [0, 0.05) is 12.1 Å². The summed E-state index contributed by atoms with van der Waals surface area (Å²) in [4.78, 5) is 3.88. The van der Waals surface area contributed by atoms with E-state index in [4.69, 9.17) is 5.11 Å². The first-order chi connectivity index (χ1) is 8.46. The SMILES string of the molecule is CC.OC1CC(c2ncccc2OC(F)(F)F)C1. The van der Waals surface area contributed by atoms with Crippen molar-refractivity contribution in [3.8, 4) is 5.75 Å². The molecule has 1 N–H and O–H groups in total. The molecule has 0 aliphatic heterocycles. The van der Waals surface area contributed by atoms with Crippen LogP contribution < -0.4 is 4.74 Å². The van der Waals surface area contributed by atoms with Crippen molar-refractivity contribution in [2.24, 2.45) is 0 Å². The molecule has 0 radical (unpaired) electrons. The highest BCUT2D eigenvalue weighted by Gasteiger charge is 2.36. The van der Waals surface area contributed by atoms with E-state index in [1.54, 1.807) is 0 Å². The summed E-state index contributed by atoms with van der Waals surface area (Å²) in [7, 11) is 0. The first kappa shape index (κ1) is 14.8. The van der Waals surface area contributed by atoms with Crippen molar-refractivity contribution >= 4 is 0 Å². The van der Waals surface area contributed by atoms with Gasteiger partial charge in [0.15, 0.2) is 5.75 Å². The zero-order valence-corrected chi connectivity index (χ0v) is 10.2. The zero-order valence-electron chi connectivity index (χ0n) is 10.2. The maximum Gasteiger partial charge on any atom is 0.573 e. The monoisotopic (exact) mass is 263 g/mol. The number of hydrogen-bond acceptors (Lipinski definition) is 3. The van der Waals surface area contributed by atoms with Gasteiger partial charge in [-0.15, -0.1) is 13.2 Å². The third kappa shape index (κ3) is 3.87. The summed E-state index contributed by atoms with van der Waals surface area (Å²) in [6.07, 6.45) is -2.86. The van der Waals surface area contributed by atoms with Crippen molar-refractivity contribution in [1.29, 1.82) is 0 Å². The van der Waals surface area contributed by atoms with Gasteiger partial charge < -0.3 is 9.84 Å². The molecule has 0 atom stereocenters. The molecule has 0 aromatic carbocycles. The highest BCUT2D eigenvalue weighted by Crippen LogP contribution is 2.40. The maximum absolute atomic E-state index is 12.1. The van der Waals surface area contributed by atoms with E-state index in [1.807, 2.05) is 13.8 Å². The molecule has 6 heteroatoms. The Morgan fingerprint density at radius 1 is 1.33 bits per heavy atom. The molecule has 1 aliphatic rings. The van der Waals surface area contributed by atoms with Crippen molar-refractivity contribution in [1.82, 2.24) is 4.98 Å². The molecule has 0 spiro atoms. The fraction of sp³-hybridized carbons (Fsp3) is 0.583. The average Bonchev–Trinajstić information content (AvgIpc) is 2.27. The van der Waals surface area contributed by atoms with Crippen molar-refractivity contribution in [2.75, 3.05) is 0 Å². The fourth-order valence-corrected chi connectivity index (χ4v) is 1.73. The van der Waals surface area contributed by atoms with Crippen molar-refractivity contribution in [2.45, 2.75) is 45.1 Å². The minimum atomic E-state index is -4.71. The second kappa shape index (κ2) is 6.04. The zero-order chi connectivity index (χ0) is 13.8. The van der Waals surface area contributed by atoms with Crippen LogP contribution >= 0.6 is 0 Å².